The molecular formula is C10H18. The van der Waals surface area contributed by atoms with E-state index in [-0.39, 0.29) is 0 Å². The minimum atomic E-state index is 1.04. The van der Waals surface area contributed by atoms with Gasteiger partial charge in [0.1, 0.15) is 0 Å². The molecule has 0 heteroatoms. The second-order valence-corrected chi connectivity index (χ2v) is 4.37. The van der Waals surface area contributed by atoms with Gasteiger partial charge in [-0.25, -0.2) is 0 Å². The Morgan fingerprint density at radius 2 is 1.70 bits per heavy atom. The first-order valence-electron chi connectivity index (χ1n) is 4.86. The summed E-state index contributed by atoms with van der Waals surface area (Å²) in [6, 6.07) is 0. The molecule has 0 N–H and O–H groups in total. The van der Waals surface area contributed by atoms with Crippen LogP contribution in [0.15, 0.2) is 0 Å². The van der Waals surface area contributed by atoms with Gasteiger partial charge >= 0.3 is 0 Å². The first-order chi connectivity index (χ1) is 4.86. The Morgan fingerprint density at radius 3 is 2.60 bits per heavy atom. The Labute approximate surface area is 64.0 Å². The second-order valence-electron chi connectivity index (χ2n) is 4.37. The lowest BCUT2D eigenvalue weighted by Crippen LogP contribution is -2.18. The van der Waals surface area contributed by atoms with E-state index in [1.54, 1.807) is 25.7 Å². The first kappa shape index (κ1) is 6.69. The second kappa shape index (κ2) is 2.56. The lowest BCUT2D eigenvalue weighted by Gasteiger charge is -2.29. The van der Waals surface area contributed by atoms with Crippen LogP contribution in [-0.4, -0.2) is 0 Å². The van der Waals surface area contributed by atoms with Crippen molar-refractivity contribution in [3.63, 3.8) is 0 Å². The van der Waals surface area contributed by atoms with Crippen molar-refractivity contribution in [2.24, 2.45) is 17.8 Å². The fourth-order valence-electron chi connectivity index (χ4n) is 2.94. The van der Waals surface area contributed by atoms with Crippen LogP contribution in [-0.2, 0) is 0 Å². The third kappa shape index (κ3) is 1.09. The Morgan fingerprint density at radius 1 is 0.900 bits per heavy atom. The molecule has 2 aliphatic rings. The Kier molecular flexibility index (Phi) is 1.71. The Hall–Kier alpha value is 0. The van der Waals surface area contributed by atoms with Gasteiger partial charge in [0.25, 0.3) is 0 Å². The predicted octanol–water partition coefficient (Wildman–Crippen LogP) is 3.22. The SMILES string of the molecule is CC1CCC2CCCC2C1. The van der Waals surface area contributed by atoms with Crippen LogP contribution in [0.2, 0.25) is 0 Å². The molecule has 0 radical (unpaired) electrons. The van der Waals surface area contributed by atoms with Crippen molar-refractivity contribution in [3.05, 3.63) is 0 Å². The van der Waals surface area contributed by atoms with Gasteiger partial charge in [-0.1, -0.05) is 32.6 Å². The van der Waals surface area contributed by atoms with Gasteiger partial charge in [0.15, 0.2) is 0 Å². The zero-order valence-electron chi connectivity index (χ0n) is 6.97. The summed E-state index contributed by atoms with van der Waals surface area (Å²) < 4.78 is 0. The molecule has 0 bridgehead atoms. The number of fused-ring (bicyclic) bond motifs is 1. The lowest BCUT2D eigenvalue weighted by atomic mass is 9.77. The van der Waals surface area contributed by atoms with Crippen LogP contribution in [0.4, 0.5) is 0 Å². The van der Waals surface area contributed by atoms with E-state index in [2.05, 4.69) is 6.92 Å². The lowest BCUT2D eigenvalue weighted by molar-refractivity contribution is 0.220. The van der Waals surface area contributed by atoms with E-state index in [1.165, 1.54) is 12.8 Å². The van der Waals surface area contributed by atoms with E-state index in [4.69, 9.17) is 0 Å². The highest BCUT2D eigenvalue weighted by Crippen LogP contribution is 2.43. The molecule has 0 amide bonds. The topological polar surface area (TPSA) is 0 Å². The van der Waals surface area contributed by atoms with E-state index < -0.39 is 0 Å². The average molecular weight is 138 g/mol. The molecule has 0 spiro atoms. The molecule has 3 unspecified atom stereocenters. The standard InChI is InChI=1S/C10H18/c1-8-5-6-9-3-2-4-10(9)7-8/h8-10H,2-7H2,1H3. The van der Waals surface area contributed by atoms with Gasteiger partial charge in [0, 0.05) is 0 Å². The summed E-state index contributed by atoms with van der Waals surface area (Å²) in [6.45, 7) is 2.43. The van der Waals surface area contributed by atoms with Crippen molar-refractivity contribution in [3.8, 4) is 0 Å². The maximum Gasteiger partial charge on any atom is -0.0383 e. The minimum absolute atomic E-state index is 1.04. The summed E-state index contributed by atoms with van der Waals surface area (Å²) in [5.74, 6) is 3.33. The molecule has 2 aliphatic carbocycles. The molecule has 0 aromatic carbocycles. The Bertz CT molecular complexity index is 117. The Balaban J connectivity index is 1.96. The molecule has 10 heavy (non-hydrogen) atoms. The van der Waals surface area contributed by atoms with Crippen molar-refractivity contribution in [2.45, 2.75) is 45.4 Å². The van der Waals surface area contributed by atoms with E-state index >= 15 is 0 Å². The number of hydrogen-bond donors (Lipinski definition) is 0. The van der Waals surface area contributed by atoms with Crippen molar-refractivity contribution in [1.29, 1.82) is 0 Å². The molecule has 0 aromatic rings. The van der Waals surface area contributed by atoms with Gasteiger partial charge < -0.3 is 0 Å². The predicted molar refractivity (Wildman–Crippen MR) is 43.8 cm³/mol. The van der Waals surface area contributed by atoms with Crippen molar-refractivity contribution in [1.82, 2.24) is 0 Å². The normalized spacial score (nSPS) is 47.1. The highest BCUT2D eigenvalue weighted by atomic mass is 14.4. The van der Waals surface area contributed by atoms with Crippen LogP contribution >= 0.6 is 0 Å². The molecule has 0 heterocycles. The van der Waals surface area contributed by atoms with Crippen molar-refractivity contribution >= 4 is 0 Å². The van der Waals surface area contributed by atoms with Gasteiger partial charge in [-0.15, -0.1) is 0 Å². The molecule has 58 valence electrons. The van der Waals surface area contributed by atoms with Gasteiger partial charge in [0.05, 0.1) is 0 Å². The molecule has 0 nitrogen and oxygen atoms in total. The zero-order valence-corrected chi connectivity index (χ0v) is 6.97. The van der Waals surface area contributed by atoms with E-state index in [0.717, 1.165) is 17.8 Å². The van der Waals surface area contributed by atoms with E-state index in [1.807, 2.05) is 0 Å². The largest absolute Gasteiger partial charge is 0.0625 e. The molecule has 0 aromatic heterocycles. The van der Waals surface area contributed by atoms with Gasteiger partial charge in [-0.2, -0.15) is 0 Å². The van der Waals surface area contributed by atoms with Gasteiger partial charge in [-0.05, 0) is 30.6 Å². The average Bonchev–Trinajstić information content (AvgIpc) is 2.33. The fourth-order valence-corrected chi connectivity index (χ4v) is 2.94. The maximum absolute atomic E-state index is 2.43. The van der Waals surface area contributed by atoms with Crippen molar-refractivity contribution in [2.75, 3.05) is 0 Å². The summed E-state index contributed by atoms with van der Waals surface area (Å²) in [5, 5.41) is 0. The maximum atomic E-state index is 2.43. The highest BCUT2D eigenvalue weighted by Gasteiger charge is 2.31. The highest BCUT2D eigenvalue weighted by molar-refractivity contribution is 4.83. The monoisotopic (exact) mass is 138 g/mol. The third-order valence-electron chi connectivity index (χ3n) is 3.55. The molecule has 3 atom stereocenters. The molecule has 0 aliphatic heterocycles. The van der Waals surface area contributed by atoms with Gasteiger partial charge in [-0.3, -0.25) is 0 Å². The fraction of sp³-hybridized carbons (Fsp3) is 1.00. The zero-order chi connectivity index (χ0) is 6.97. The van der Waals surface area contributed by atoms with E-state index in [0.29, 0.717) is 0 Å². The summed E-state index contributed by atoms with van der Waals surface area (Å²) in [7, 11) is 0. The molecule has 2 rings (SSSR count). The summed E-state index contributed by atoms with van der Waals surface area (Å²) >= 11 is 0. The molecule has 2 fully saturated rings. The van der Waals surface area contributed by atoms with Crippen LogP contribution in [0.5, 0.6) is 0 Å². The van der Waals surface area contributed by atoms with Crippen LogP contribution in [0.3, 0.4) is 0 Å². The van der Waals surface area contributed by atoms with Crippen LogP contribution in [0, 0.1) is 17.8 Å². The summed E-state index contributed by atoms with van der Waals surface area (Å²) in [6.07, 6.45) is 9.24. The third-order valence-corrected chi connectivity index (χ3v) is 3.55. The quantitative estimate of drug-likeness (QED) is 0.482. The molecule has 2 saturated carbocycles. The summed E-state index contributed by atoms with van der Waals surface area (Å²) in [4.78, 5) is 0. The summed E-state index contributed by atoms with van der Waals surface area (Å²) in [5.41, 5.74) is 0. The van der Waals surface area contributed by atoms with Gasteiger partial charge in [0.2, 0.25) is 0 Å². The molecular weight excluding hydrogens is 120 g/mol. The number of hydrogen-bond acceptors (Lipinski definition) is 0. The van der Waals surface area contributed by atoms with Crippen LogP contribution in [0.25, 0.3) is 0 Å². The molecule has 0 saturated heterocycles. The van der Waals surface area contributed by atoms with Crippen LogP contribution < -0.4 is 0 Å². The van der Waals surface area contributed by atoms with Crippen molar-refractivity contribution < 1.29 is 0 Å². The van der Waals surface area contributed by atoms with Crippen LogP contribution in [0.1, 0.15) is 45.4 Å². The first-order valence-corrected chi connectivity index (χ1v) is 4.86. The number of rotatable bonds is 0. The van der Waals surface area contributed by atoms with E-state index in [9.17, 15) is 0 Å². The smallest absolute Gasteiger partial charge is 0.0383 e. The minimum Gasteiger partial charge on any atom is -0.0625 e.